The van der Waals surface area contributed by atoms with E-state index in [2.05, 4.69) is 25.7 Å². The van der Waals surface area contributed by atoms with Crippen molar-refractivity contribution < 1.29 is 19.7 Å². The van der Waals surface area contributed by atoms with Gasteiger partial charge in [-0.05, 0) is 68.6 Å². The van der Waals surface area contributed by atoms with Gasteiger partial charge in [0.25, 0.3) is 0 Å². The number of rotatable bonds is 10. The molecule has 0 saturated carbocycles. The Morgan fingerprint density at radius 1 is 1.06 bits per heavy atom. The van der Waals surface area contributed by atoms with E-state index in [9.17, 15) is 9.90 Å². The van der Waals surface area contributed by atoms with Gasteiger partial charge in [0.2, 0.25) is 0 Å². The Bertz CT molecular complexity index is 847. The van der Waals surface area contributed by atoms with Crippen molar-refractivity contribution in [2.75, 3.05) is 27.7 Å². The summed E-state index contributed by atoms with van der Waals surface area (Å²) < 4.78 is 5.23. The largest absolute Gasteiger partial charge is 0.497 e. The minimum absolute atomic E-state index is 0.157. The van der Waals surface area contributed by atoms with E-state index in [4.69, 9.17) is 9.84 Å². The first-order valence-electron chi connectivity index (χ1n) is 11.8. The standard InChI is InChI=1S/C15H25NO2.C13H18O2/c1-6-15(17,12(2)11-16(3)4)13-8-7-9-14(10-13)18-5;1-9(2)8-11-4-6-12(7-5-11)10(3)13(14)15/h7-10,12,17H,6,11H2,1-5H3;4-7,9-10H,8H2,1-3H3,(H,14,15)/t12-,15-;10-/m11/s1. The molecule has 0 radical (unpaired) electrons. The predicted octanol–water partition coefficient (Wildman–Crippen LogP) is 5.56. The quantitative estimate of drug-likeness (QED) is 0.488. The molecule has 0 unspecified atom stereocenters. The molecule has 0 aliphatic heterocycles. The Labute approximate surface area is 200 Å². The molecule has 5 nitrogen and oxygen atoms in total. The number of carboxylic acids is 1. The van der Waals surface area contributed by atoms with E-state index in [1.54, 1.807) is 14.0 Å². The Morgan fingerprint density at radius 3 is 2.12 bits per heavy atom. The van der Waals surface area contributed by atoms with E-state index in [0.717, 1.165) is 29.8 Å². The third-order valence-corrected chi connectivity index (χ3v) is 6.06. The fraction of sp³-hybridized carbons (Fsp3) is 0.536. The van der Waals surface area contributed by atoms with Crippen LogP contribution in [0.4, 0.5) is 0 Å². The molecule has 2 rings (SSSR count). The molecule has 0 aliphatic rings. The molecule has 0 spiro atoms. The fourth-order valence-electron chi connectivity index (χ4n) is 3.98. The Hall–Kier alpha value is -2.37. The summed E-state index contributed by atoms with van der Waals surface area (Å²) in [5, 5.41) is 19.8. The second-order valence-corrected chi connectivity index (χ2v) is 9.57. The molecular formula is C28H43NO4. The van der Waals surface area contributed by atoms with Crippen molar-refractivity contribution >= 4 is 5.97 Å². The Balaban J connectivity index is 0.000000335. The smallest absolute Gasteiger partial charge is 0.310 e. The van der Waals surface area contributed by atoms with Crippen LogP contribution in [0, 0.1) is 11.8 Å². The zero-order valence-corrected chi connectivity index (χ0v) is 21.6. The summed E-state index contributed by atoms with van der Waals surface area (Å²) in [6, 6.07) is 15.6. The van der Waals surface area contributed by atoms with Crippen LogP contribution in [-0.2, 0) is 16.8 Å². The van der Waals surface area contributed by atoms with Crippen molar-refractivity contribution in [3.8, 4) is 5.75 Å². The van der Waals surface area contributed by atoms with Gasteiger partial charge in [-0.25, -0.2) is 0 Å². The first-order valence-corrected chi connectivity index (χ1v) is 11.8. The Kier molecular flexibility index (Phi) is 11.6. The van der Waals surface area contributed by atoms with Gasteiger partial charge < -0.3 is 19.8 Å². The van der Waals surface area contributed by atoms with Gasteiger partial charge in [-0.2, -0.15) is 0 Å². The molecule has 5 heteroatoms. The van der Waals surface area contributed by atoms with Gasteiger partial charge in [-0.3, -0.25) is 4.79 Å². The molecule has 0 fully saturated rings. The van der Waals surface area contributed by atoms with Crippen LogP contribution >= 0.6 is 0 Å². The first-order chi connectivity index (χ1) is 15.4. The van der Waals surface area contributed by atoms with Crippen molar-refractivity contribution in [1.29, 1.82) is 0 Å². The highest BCUT2D eigenvalue weighted by atomic mass is 16.5. The van der Waals surface area contributed by atoms with Crippen LogP contribution in [0.5, 0.6) is 5.75 Å². The van der Waals surface area contributed by atoms with Crippen LogP contribution in [-0.4, -0.2) is 48.8 Å². The van der Waals surface area contributed by atoms with Crippen molar-refractivity contribution in [3.05, 3.63) is 65.2 Å². The zero-order valence-electron chi connectivity index (χ0n) is 21.6. The summed E-state index contributed by atoms with van der Waals surface area (Å²) in [7, 11) is 5.70. The van der Waals surface area contributed by atoms with Crippen LogP contribution < -0.4 is 4.74 Å². The molecule has 3 atom stereocenters. The lowest BCUT2D eigenvalue weighted by Gasteiger charge is -2.35. The summed E-state index contributed by atoms with van der Waals surface area (Å²) in [4.78, 5) is 12.9. The van der Waals surface area contributed by atoms with Gasteiger partial charge in [0.1, 0.15) is 5.75 Å². The number of nitrogens with zero attached hydrogens (tertiary/aromatic N) is 1. The summed E-state index contributed by atoms with van der Waals surface area (Å²) in [5.41, 5.74) is 2.26. The summed E-state index contributed by atoms with van der Waals surface area (Å²) >= 11 is 0. The molecule has 0 aromatic heterocycles. The minimum atomic E-state index is -0.807. The SMILES string of the molecule is CC(C)Cc1ccc([C@@H](C)C(=O)O)cc1.CC[C@](O)(c1cccc(OC)c1)[C@H](C)CN(C)C. The van der Waals surface area contributed by atoms with E-state index < -0.39 is 17.5 Å². The van der Waals surface area contributed by atoms with Crippen LogP contribution in [0.25, 0.3) is 0 Å². The number of aliphatic hydroxyl groups is 1. The summed E-state index contributed by atoms with van der Waals surface area (Å²) in [5.74, 6) is 0.387. The highest BCUT2D eigenvalue weighted by molar-refractivity contribution is 5.75. The Morgan fingerprint density at radius 2 is 1.67 bits per heavy atom. The molecule has 2 aromatic carbocycles. The number of methoxy groups -OCH3 is 1. The molecule has 0 heterocycles. The van der Waals surface area contributed by atoms with E-state index in [1.165, 1.54) is 5.56 Å². The van der Waals surface area contributed by atoms with Gasteiger partial charge in [0.15, 0.2) is 0 Å². The van der Waals surface area contributed by atoms with E-state index in [0.29, 0.717) is 12.3 Å². The highest BCUT2D eigenvalue weighted by Gasteiger charge is 2.34. The summed E-state index contributed by atoms with van der Waals surface area (Å²) in [6.45, 7) is 11.0. The molecule has 0 saturated heterocycles. The molecule has 0 aliphatic carbocycles. The second kappa shape index (κ2) is 13.4. The van der Waals surface area contributed by atoms with Gasteiger partial charge in [0, 0.05) is 12.5 Å². The normalized spacial score (nSPS) is 14.8. The molecule has 2 N–H and O–H groups in total. The molecule has 0 bridgehead atoms. The molecule has 184 valence electrons. The maximum Gasteiger partial charge on any atom is 0.310 e. The number of carboxylic acid groups (broad SMARTS) is 1. The van der Waals surface area contributed by atoms with Crippen molar-refractivity contribution in [2.45, 2.75) is 59.0 Å². The lowest BCUT2D eigenvalue weighted by Crippen LogP contribution is -2.38. The molecule has 33 heavy (non-hydrogen) atoms. The first kappa shape index (κ1) is 28.7. The second-order valence-electron chi connectivity index (χ2n) is 9.57. The van der Waals surface area contributed by atoms with Crippen LogP contribution in [0.15, 0.2) is 48.5 Å². The van der Waals surface area contributed by atoms with Gasteiger partial charge in [-0.15, -0.1) is 0 Å². The minimum Gasteiger partial charge on any atom is -0.497 e. The topological polar surface area (TPSA) is 70.0 Å². The van der Waals surface area contributed by atoms with E-state index in [-0.39, 0.29) is 5.92 Å². The number of hydrogen-bond acceptors (Lipinski definition) is 4. The molecule has 2 aromatic rings. The highest BCUT2D eigenvalue weighted by Crippen LogP contribution is 2.35. The molecule has 0 amide bonds. The monoisotopic (exact) mass is 457 g/mol. The van der Waals surface area contributed by atoms with Gasteiger partial charge in [0.05, 0.1) is 18.6 Å². The predicted molar refractivity (Wildman–Crippen MR) is 136 cm³/mol. The number of benzene rings is 2. The summed E-state index contributed by atoms with van der Waals surface area (Å²) in [6.07, 6.45) is 1.73. The maximum absolute atomic E-state index is 10.9. The number of ether oxygens (including phenoxy) is 1. The third-order valence-electron chi connectivity index (χ3n) is 6.06. The lowest BCUT2D eigenvalue weighted by molar-refractivity contribution is -0.138. The van der Waals surface area contributed by atoms with Gasteiger partial charge >= 0.3 is 5.97 Å². The van der Waals surface area contributed by atoms with Crippen molar-refractivity contribution in [1.82, 2.24) is 4.90 Å². The van der Waals surface area contributed by atoms with E-state index >= 15 is 0 Å². The van der Waals surface area contributed by atoms with Crippen LogP contribution in [0.1, 0.15) is 63.6 Å². The maximum atomic E-state index is 10.9. The van der Waals surface area contributed by atoms with Gasteiger partial charge in [-0.1, -0.05) is 64.1 Å². The average molecular weight is 458 g/mol. The van der Waals surface area contributed by atoms with Crippen molar-refractivity contribution in [2.24, 2.45) is 11.8 Å². The number of hydrogen-bond donors (Lipinski definition) is 2. The number of aliphatic carboxylic acids is 1. The average Bonchev–Trinajstić information content (AvgIpc) is 2.78. The fourth-order valence-corrected chi connectivity index (χ4v) is 3.98. The van der Waals surface area contributed by atoms with E-state index in [1.807, 2.05) is 69.6 Å². The van der Waals surface area contributed by atoms with Crippen LogP contribution in [0.2, 0.25) is 0 Å². The molecular weight excluding hydrogens is 414 g/mol. The third kappa shape index (κ3) is 8.82. The number of carbonyl (C=O) groups is 1. The van der Waals surface area contributed by atoms with Crippen LogP contribution in [0.3, 0.4) is 0 Å². The van der Waals surface area contributed by atoms with Crippen molar-refractivity contribution in [3.63, 3.8) is 0 Å². The lowest BCUT2D eigenvalue weighted by atomic mass is 9.80. The zero-order chi connectivity index (χ0) is 25.2.